The molecule has 0 aliphatic carbocycles. The van der Waals surface area contributed by atoms with Crippen LogP contribution in [0.25, 0.3) is 0 Å². The third-order valence-corrected chi connectivity index (χ3v) is 7.67. The lowest BCUT2D eigenvalue weighted by Gasteiger charge is -2.17. The van der Waals surface area contributed by atoms with Crippen molar-refractivity contribution in [2.45, 2.75) is 35.6 Å². The number of rotatable bonds is 7. The normalized spacial score (nSPS) is 21.1. The smallest absolute Gasteiger partial charge is 0.252 e. The van der Waals surface area contributed by atoms with E-state index in [9.17, 15) is 12.8 Å². The quantitative estimate of drug-likeness (QED) is 0.772. The zero-order chi connectivity index (χ0) is 17.9. The maximum Gasteiger partial charge on any atom is 0.252 e. The van der Waals surface area contributed by atoms with Gasteiger partial charge in [0.1, 0.15) is 10.0 Å². The maximum absolute atomic E-state index is 13.0. The molecule has 2 atom stereocenters. The second-order valence-corrected chi connectivity index (χ2v) is 9.45. The fraction of sp³-hybridized carbons (Fsp3) is 0.412. The summed E-state index contributed by atoms with van der Waals surface area (Å²) in [5.74, 6) is -0.235. The summed E-state index contributed by atoms with van der Waals surface area (Å²) < 4.78 is 39.5. The number of halogens is 1. The van der Waals surface area contributed by atoms with E-state index in [-0.39, 0.29) is 17.9 Å². The van der Waals surface area contributed by atoms with Crippen LogP contribution < -0.4 is 10.9 Å². The van der Waals surface area contributed by atoms with Crippen molar-refractivity contribution in [1.29, 1.82) is 0 Å². The summed E-state index contributed by atoms with van der Waals surface area (Å²) in [6, 6.07) is 10.3. The molecule has 1 aromatic carbocycles. The van der Waals surface area contributed by atoms with Gasteiger partial charge < -0.3 is 0 Å². The van der Waals surface area contributed by atoms with E-state index in [2.05, 4.69) is 10.9 Å². The van der Waals surface area contributed by atoms with Crippen LogP contribution in [0, 0.1) is 5.82 Å². The Labute approximate surface area is 151 Å². The molecular weight excluding hydrogens is 361 g/mol. The highest BCUT2D eigenvalue weighted by Crippen LogP contribution is 2.25. The van der Waals surface area contributed by atoms with Crippen LogP contribution in [0.1, 0.15) is 30.9 Å². The molecule has 1 aromatic heterocycles. The number of hydrogen-bond acceptors (Lipinski definition) is 5. The van der Waals surface area contributed by atoms with Crippen LogP contribution in [-0.4, -0.2) is 32.4 Å². The summed E-state index contributed by atoms with van der Waals surface area (Å²) in [5.41, 5.74) is 7.53. The number of nitrogens with one attached hydrogen (secondary N) is 2. The van der Waals surface area contributed by atoms with Crippen LogP contribution in [0.2, 0.25) is 0 Å². The zero-order valence-electron chi connectivity index (χ0n) is 14.0. The van der Waals surface area contributed by atoms with Gasteiger partial charge in [-0.15, -0.1) is 11.3 Å². The predicted octanol–water partition coefficient (Wildman–Crippen LogP) is 2.90. The maximum atomic E-state index is 13.0. The van der Waals surface area contributed by atoms with E-state index in [4.69, 9.17) is 0 Å². The molecule has 1 fully saturated rings. The topological polar surface area (TPSA) is 61.4 Å². The van der Waals surface area contributed by atoms with Gasteiger partial charge in [0, 0.05) is 25.7 Å². The molecule has 136 valence electrons. The lowest BCUT2D eigenvalue weighted by atomic mass is 10.00. The third-order valence-electron chi connectivity index (χ3n) is 4.44. The van der Waals surface area contributed by atoms with Crippen LogP contribution in [0.4, 0.5) is 4.39 Å². The molecule has 5 nitrogen and oxygen atoms in total. The van der Waals surface area contributed by atoms with Gasteiger partial charge in [-0.2, -0.15) is 0 Å². The SMILES string of the molecule is CN(CCCC1CC(c2ccc(F)cc2)NN1)S(=O)(=O)c1cccs1. The van der Waals surface area contributed by atoms with Crippen molar-refractivity contribution in [2.75, 3.05) is 13.6 Å². The van der Waals surface area contributed by atoms with Gasteiger partial charge in [0.15, 0.2) is 0 Å². The minimum absolute atomic E-state index is 0.151. The standard InChI is InChI=1S/C17H22FN3O2S2/c1-21(25(22,23)17-5-3-11-24-17)10-2-4-15-12-16(20-19-15)13-6-8-14(18)9-7-13/h3,5-9,11,15-16,19-20H,2,4,10,12H2,1H3. The molecule has 1 saturated heterocycles. The number of hydrogen-bond donors (Lipinski definition) is 2. The summed E-state index contributed by atoms with van der Waals surface area (Å²) in [6.45, 7) is 0.486. The van der Waals surface area contributed by atoms with Crippen molar-refractivity contribution in [3.8, 4) is 0 Å². The van der Waals surface area contributed by atoms with E-state index >= 15 is 0 Å². The van der Waals surface area contributed by atoms with E-state index in [0.29, 0.717) is 10.8 Å². The fourth-order valence-corrected chi connectivity index (χ4v) is 5.38. The first-order valence-electron chi connectivity index (χ1n) is 8.23. The Morgan fingerprint density at radius 2 is 2.00 bits per heavy atom. The average Bonchev–Trinajstić information content (AvgIpc) is 3.27. The molecule has 3 rings (SSSR count). The van der Waals surface area contributed by atoms with Crippen molar-refractivity contribution in [3.05, 3.63) is 53.2 Å². The van der Waals surface area contributed by atoms with Gasteiger partial charge >= 0.3 is 0 Å². The molecule has 2 aromatic rings. The molecule has 0 radical (unpaired) electrons. The highest BCUT2D eigenvalue weighted by molar-refractivity contribution is 7.91. The minimum Gasteiger partial charge on any atom is -0.254 e. The Kier molecular flexibility index (Phi) is 5.85. The minimum atomic E-state index is -3.37. The highest BCUT2D eigenvalue weighted by Gasteiger charge is 2.26. The Morgan fingerprint density at radius 1 is 1.24 bits per heavy atom. The molecule has 2 N–H and O–H groups in total. The van der Waals surface area contributed by atoms with Gasteiger partial charge in [0.2, 0.25) is 0 Å². The van der Waals surface area contributed by atoms with Crippen molar-refractivity contribution in [2.24, 2.45) is 0 Å². The monoisotopic (exact) mass is 383 g/mol. The Morgan fingerprint density at radius 3 is 2.68 bits per heavy atom. The molecule has 0 bridgehead atoms. The van der Waals surface area contributed by atoms with Crippen LogP contribution in [-0.2, 0) is 10.0 Å². The van der Waals surface area contributed by atoms with Gasteiger partial charge in [-0.05, 0) is 48.4 Å². The molecule has 8 heteroatoms. The lowest BCUT2D eigenvalue weighted by Crippen LogP contribution is -2.32. The molecule has 1 aliphatic rings. The fourth-order valence-electron chi connectivity index (χ4n) is 2.97. The van der Waals surface area contributed by atoms with Crippen molar-refractivity contribution in [1.82, 2.24) is 15.2 Å². The van der Waals surface area contributed by atoms with Gasteiger partial charge in [-0.3, -0.25) is 10.9 Å². The Bertz CT molecular complexity index is 779. The van der Waals surface area contributed by atoms with E-state index in [1.165, 1.54) is 27.8 Å². The highest BCUT2D eigenvalue weighted by atomic mass is 32.2. The molecule has 0 saturated carbocycles. The lowest BCUT2D eigenvalue weighted by molar-refractivity contribution is 0.429. The first-order valence-corrected chi connectivity index (χ1v) is 10.5. The zero-order valence-corrected chi connectivity index (χ0v) is 15.6. The van der Waals surface area contributed by atoms with Crippen molar-refractivity contribution < 1.29 is 12.8 Å². The van der Waals surface area contributed by atoms with Crippen LogP contribution in [0.5, 0.6) is 0 Å². The molecule has 0 amide bonds. The summed E-state index contributed by atoms with van der Waals surface area (Å²) >= 11 is 1.24. The van der Waals surface area contributed by atoms with Gasteiger partial charge in [0.25, 0.3) is 10.0 Å². The first kappa shape index (κ1) is 18.5. The van der Waals surface area contributed by atoms with E-state index in [1.54, 1.807) is 36.7 Å². The molecule has 2 unspecified atom stereocenters. The number of sulfonamides is 1. The largest absolute Gasteiger partial charge is 0.254 e. The summed E-state index contributed by atoms with van der Waals surface area (Å²) in [4.78, 5) is 0. The summed E-state index contributed by atoms with van der Waals surface area (Å²) in [5, 5.41) is 1.77. The first-order chi connectivity index (χ1) is 12.0. The Balaban J connectivity index is 1.46. The summed E-state index contributed by atoms with van der Waals surface area (Å²) in [6.07, 6.45) is 2.54. The van der Waals surface area contributed by atoms with E-state index < -0.39 is 10.0 Å². The number of hydrazine groups is 1. The molecule has 1 aliphatic heterocycles. The molecular formula is C17H22FN3O2S2. The van der Waals surface area contributed by atoms with Crippen LogP contribution >= 0.6 is 11.3 Å². The number of thiophene rings is 1. The van der Waals surface area contributed by atoms with Crippen molar-refractivity contribution in [3.63, 3.8) is 0 Å². The number of nitrogens with zero attached hydrogens (tertiary/aromatic N) is 1. The average molecular weight is 384 g/mol. The van der Waals surface area contributed by atoms with Gasteiger partial charge in [0.05, 0.1) is 0 Å². The second kappa shape index (κ2) is 7.92. The third kappa shape index (κ3) is 4.45. The number of benzene rings is 1. The Hall–Kier alpha value is -1.32. The van der Waals surface area contributed by atoms with Crippen molar-refractivity contribution >= 4 is 21.4 Å². The molecule has 25 heavy (non-hydrogen) atoms. The van der Waals surface area contributed by atoms with E-state index in [1.807, 2.05) is 0 Å². The van der Waals surface area contributed by atoms with Crippen LogP contribution in [0.3, 0.4) is 0 Å². The van der Waals surface area contributed by atoms with Gasteiger partial charge in [-0.1, -0.05) is 18.2 Å². The second-order valence-electron chi connectivity index (χ2n) is 6.23. The van der Waals surface area contributed by atoms with Gasteiger partial charge in [-0.25, -0.2) is 17.1 Å². The predicted molar refractivity (Wildman–Crippen MR) is 97.2 cm³/mol. The van der Waals surface area contributed by atoms with Crippen LogP contribution in [0.15, 0.2) is 46.0 Å². The summed E-state index contributed by atoms with van der Waals surface area (Å²) in [7, 11) is -1.75. The molecule has 2 heterocycles. The van der Waals surface area contributed by atoms with E-state index in [0.717, 1.165) is 24.8 Å². The molecule has 0 spiro atoms.